The fraction of sp³-hybridized carbons (Fsp3) is 0.359. The number of halogens is 6. The van der Waals surface area contributed by atoms with Crippen LogP contribution in [-0.4, -0.2) is 101 Å². The van der Waals surface area contributed by atoms with Crippen molar-refractivity contribution in [3.8, 4) is 0 Å². The Morgan fingerprint density at radius 1 is 0.831 bits per heavy atom. The van der Waals surface area contributed by atoms with Gasteiger partial charge in [0.05, 0.1) is 29.7 Å². The number of ketones is 1. The number of carbonyl (C=O) groups excluding carboxylic acids is 5. The van der Waals surface area contributed by atoms with Gasteiger partial charge in [-0.1, -0.05) is 59.6 Å². The van der Waals surface area contributed by atoms with Crippen molar-refractivity contribution < 1.29 is 50.3 Å². The number of Topliss-reactive ketones (excluding diaryl/α,β-unsaturated/α-hetero) is 1. The molecule has 1 unspecified atom stereocenters. The van der Waals surface area contributed by atoms with Crippen LogP contribution in [0.15, 0.2) is 60.8 Å². The van der Waals surface area contributed by atoms with Crippen LogP contribution in [0.25, 0.3) is 10.9 Å². The third kappa shape index (κ3) is 9.95. The highest BCUT2D eigenvalue weighted by molar-refractivity contribution is 7.76. The van der Waals surface area contributed by atoms with Crippen molar-refractivity contribution in [2.75, 3.05) is 19.6 Å². The van der Waals surface area contributed by atoms with Crippen molar-refractivity contribution in [3.05, 3.63) is 105 Å². The fourth-order valence-corrected chi connectivity index (χ4v) is 8.15. The quantitative estimate of drug-likeness (QED) is 0.0925. The largest absolute Gasteiger partial charge is 0.350 e. The zero-order chi connectivity index (χ0) is 42.7. The predicted molar refractivity (Wildman–Crippen MR) is 210 cm³/mol. The second kappa shape index (κ2) is 18.6. The number of carbonyl (C=O) groups is 5. The van der Waals surface area contributed by atoms with E-state index in [1.807, 2.05) is 0 Å². The lowest BCUT2D eigenvalue weighted by atomic mass is 10.1. The molecule has 6 rings (SSSR count). The topological polar surface area (TPSA) is 161 Å². The molecule has 2 saturated heterocycles. The van der Waals surface area contributed by atoms with Gasteiger partial charge in [0.2, 0.25) is 34.9 Å². The number of amides is 4. The second-order valence-corrected chi connectivity index (χ2v) is 16.1. The summed E-state index contributed by atoms with van der Waals surface area (Å²) in [4.78, 5) is 68.0. The van der Waals surface area contributed by atoms with Gasteiger partial charge in [0.1, 0.15) is 42.6 Å². The van der Waals surface area contributed by atoms with E-state index in [-0.39, 0.29) is 71.5 Å². The lowest BCUT2D eigenvalue weighted by Crippen LogP contribution is -2.49. The maximum Gasteiger partial charge on any atom is 0.243 e. The zero-order valence-corrected chi connectivity index (χ0v) is 33.6. The molecule has 4 aromatic rings. The maximum atomic E-state index is 14.7. The molecule has 3 N–H and O–H groups in total. The average molecular weight is 882 g/mol. The van der Waals surface area contributed by atoms with Crippen LogP contribution in [0.2, 0.25) is 10.0 Å². The van der Waals surface area contributed by atoms with Crippen molar-refractivity contribution in [2.24, 2.45) is 0 Å². The predicted octanol–water partition coefficient (Wildman–Crippen LogP) is 4.88. The normalized spacial score (nSPS) is 19.7. The van der Waals surface area contributed by atoms with E-state index in [4.69, 9.17) is 23.2 Å². The summed E-state index contributed by atoms with van der Waals surface area (Å²) in [6, 6.07) is 10.6. The molecule has 5 atom stereocenters. The first-order valence-electron chi connectivity index (χ1n) is 18.3. The first-order valence-corrected chi connectivity index (χ1v) is 20.1. The highest BCUT2D eigenvalue weighted by Gasteiger charge is 2.41. The monoisotopic (exact) mass is 880 g/mol. The molecular weight excluding hydrogens is 843 g/mol. The third-order valence-corrected chi connectivity index (χ3v) is 11.5. The van der Waals surface area contributed by atoms with Crippen LogP contribution in [0.3, 0.4) is 0 Å². The molecule has 59 heavy (non-hydrogen) atoms. The zero-order valence-electron chi connectivity index (χ0n) is 31.3. The molecule has 1 aromatic heterocycles. The van der Waals surface area contributed by atoms with E-state index in [1.165, 1.54) is 60.2 Å². The molecule has 2 aliphatic heterocycles. The fourth-order valence-electron chi connectivity index (χ4n) is 7.28. The van der Waals surface area contributed by atoms with E-state index in [2.05, 4.69) is 10.6 Å². The number of hydrogen-bond acceptors (Lipinski definition) is 6. The Morgan fingerprint density at radius 3 is 1.86 bits per heavy atom. The summed E-state index contributed by atoms with van der Waals surface area (Å²) in [5, 5.41) is 5.15. The highest BCUT2D eigenvalue weighted by Crippen LogP contribution is 2.28. The number of aromatic nitrogens is 1. The van der Waals surface area contributed by atoms with Gasteiger partial charge >= 0.3 is 0 Å². The minimum Gasteiger partial charge on any atom is -0.350 e. The van der Waals surface area contributed by atoms with E-state index in [0.717, 1.165) is 14.1 Å². The van der Waals surface area contributed by atoms with Crippen LogP contribution in [0, 0.1) is 11.6 Å². The number of alkyl halides is 2. The van der Waals surface area contributed by atoms with Gasteiger partial charge in [0, 0.05) is 66.3 Å². The number of rotatable bonds is 14. The Morgan fingerprint density at radius 2 is 1.36 bits per heavy atom. The number of nitrogens with zero attached hydrogens (tertiary/aromatic N) is 4. The summed E-state index contributed by atoms with van der Waals surface area (Å²) in [5.41, 5.74) is 1.09. The number of likely N-dealkylation sites (tertiary alicyclic amines) is 2. The molecule has 0 radical (unpaired) electrons. The number of hydrogen-bond donors (Lipinski definition) is 3. The Balaban J connectivity index is 1.15. The standard InChI is InChI=1S/C39H38Cl2F4N6O7S/c1-21(52)28-18-48(19-34(53)50-16-25(42)11-32(50)38(55)46-13-23-4-2-6-29(40)36(23)44)31-10-22(8-9-27(28)31)15-49(59(57)58)20-35(54)51-17-26(43)12-33(51)39(56)47-14-24-5-3-7-30(41)37(24)45/h2-10,18,25-26,32-33H,11-17,19-20H2,1H3,(H,46,55)(H,47,56)(H,57,58)/t25-,26-,32+,33+/m1/s1. The molecule has 2 fully saturated rings. The summed E-state index contributed by atoms with van der Waals surface area (Å²) < 4.78 is 83.1. The molecule has 4 amide bonds. The molecule has 3 heterocycles. The van der Waals surface area contributed by atoms with Gasteiger partial charge in [0.15, 0.2) is 5.78 Å². The lowest BCUT2D eigenvalue weighted by Gasteiger charge is -2.26. The summed E-state index contributed by atoms with van der Waals surface area (Å²) in [5.74, 6) is -4.76. The molecule has 314 valence electrons. The molecule has 0 spiro atoms. The van der Waals surface area contributed by atoms with Gasteiger partial charge in [-0.2, -0.15) is 4.31 Å². The second-order valence-electron chi connectivity index (χ2n) is 14.3. The Hall–Kier alpha value is -4.88. The SMILES string of the molecule is CC(=O)c1cn(CC(=O)N2C[C@H](F)C[C@H]2C(=O)NCc2cccc(Cl)c2F)c2cc(CN(CC(=O)N3C[C@H](F)C[C@H]3C(=O)NCc3cccc(Cl)c3F)S(=O)O)ccc12. The van der Waals surface area contributed by atoms with E-state index >= 15 is 0 Å². The van der Waals surface area contributed by atoms with Crippen LogP contribution in [0.5, 0.6) is 0 Å². The van der Waals surface area contributed by atoms with Gasteiger partial charge in [-0.25, -0.2) is 21.8 Å². The lowest BCUT2D eigenvalue weighted by molar-refractivity contribution is -0.139. The number of nitrogens with one attached hydrogen (secondary N) is 2. The summed E-state index contributed by atoms with van der Waals surface area (Å²) >= 11 is 8.89. The summed E-state index contributed by atoms with van der Waals surface area (Å²) in [6.07, 6.45) is -2.31. The first kappa shape index (κ1) is 43.7. The van der Waals surface area contributed by atoms with E-state index < -0.39 is 90.6 Å². The van der Waals surface area contributed by atoms with Crippen molar-refractivity contribution in [3.63, 3.8) is 0 Å². The van der Waals surface area contributed by atoms with Crippen LogP contribution >= 0.6 is 23.2 Å². The van der Waals surface area contributed by atoms with Gasteiger partial charge in [-0.3, -0.25) is 28.5 Å². The van der Waals surface area contributed by atoms with Crippen molar-refractivity contribution in [2.45, 2.75) is 70.4 Å². The van der Waals surface area contributed by atoms with Gasteiger partial charge in [-0.15, -0.1) is 0 Å². The van der Waals surface area contributed by atoms with Gasteiger partial charge in [0.25, 0.3) is 0 Å². The van der Waals surface area contributed by atoms with Crippen LogP contribution in [-0.2, 0) is 56.6 Å². The van der Waals surface area contributed by atoms with Crippen molar-refractivity contribution in [1.82, 2.24) is 29.3 Å². The van der Waals surface area contributed by atoms with Crippen LogP contribution in [0.1, 0.15) is 46.8 Å². The molecule has 20 heteroatoms. The van der Waals surface area contributed by atoms with Crippen LogP contribution < -0.4 is 10.6 Å². The molecular formula is C39H38Cl2F4N6O7S. The minimum atomic E-state index is -2.75. The molecule has 0 bridgehead atoms. The Kier molecular flexibility index (Phi) is 13.8. The summed E-state index contributed by atoms with van der Waals surface area (Å²) in [6.45, 7) is -1.56. The maximum absolute atomic E-state index is 14.7. The van der Waals surface area contributed by atoms with Crippen molar-refractivity contribution >= 4 is 74.8 Å². The first-order chi connectivity index (χ1) is 28.0. The molecule has 3 aromatic carbocycles. The number of fused-ring (bicyclic) bond motifs is 1. The Labute approximate surface area is 348 Å². The highest BCUT2D eigenvalue weighted by atomic mass is 35.5. The molecule has 2 aliphatic rings. The molecule has 0 saturated carbocycles. The molecule has 13 nitrogen and oxygen atoms in total. The summed E-state index contributed by atoms with van der Waals surface area (Å²) in [7, 11) is 0. The van der Waals surface area contributed by atoms with Gasteiger partial charge < -0.3 is 25.0 Å². The van der Waals surface area contributed by atoms with Gasteiger partial charge in [-0.05, 0) is 30.7 Å². The van der Waals surface area contributed by atoms with Crippen molar-refractivity contribution in [1.29, 1.82) is 0 Å². The van der Waals surface area contributed by atoms with E-state index in [1.54, 1.807) is 12.1 Å². The molecule has 0 aliphatic carbocycles. The Bertz CT molecular complexity index is 2340. The van der Waals surface area contributed by atoms with Crippen LogP contribution in [0.4, 0.5) is 17.6 Å². The number of benzene rings is 3. The third-order valence-electron chi connectivity index (χ3n) is 10.2. The average Bonchev–Trinajstić information content (AvgIpc) is 3.90. The smallest absolute Gasteiger partial charge is 0.243 e. The van der Waals surface area contributed by atoms with E-state index in [9.17, 15) is 50.3 Å². The van der Waals surface area contributed by atoms with E-state index in [0.29, 0.717) is 16.5 Å². The minimum absolute atomic E-state index is 0.0732.